The van der Waals surface area contributed by atoms with Crippen LogP contribution in [0.5, 0.6) is 0 Å². The molecular formula is C67H72B3BrN4O6. The number of para-hydroxylation sites is 4. The van der Waals surface area contributed by atoms with E-state index in [9.17, 15) is 0 Å². The summed E-state index contributed by atoms with van der Waals surface area (Å²) in [6.07, 6.45) is 7.75. The van der Waals surface area contributed by atoms with Gasteiger partial charge in [-0.15, -0.1) is 0 Å². The fourth-order valence-corrected chi connectivity index (χ4v) is 10.4. The van der Waals surface area contributed by atoms with Crippen molar-refractivity contribution >= 4 is 86.1 Å². The Bertz CT molecular complexity index is 3700. The van der Waals surface area contributed by atoms with E-state index in [0.29, 0.717) is 0 Å². The first-order chi connectivity index (χ1) is 37.9. The molecule has 0 atom stereocenters. The summed E-state index contributed by atoms with van der Waals surface area (Å²) in [5.41, 5.74) is 11.4. The predicted molar refractivity (Wildman–Crippen MR) is 340 cm³/mol. The maximum absolute atomic E-state index is 6.42. The average molecular weight is 1140 g/mol. The van der Waals surface area contributed by atoms with Gasteiger partial charge >= 0.3 is 21.1 Å². The van der Waals surface area contributed by atoms with Crippen molar-refractivity contribution < 1.29 is 29.4 Å². The Morgan fingerprint density at radius 3 is 0.852 bits per heavy atom. The second-order valence-electron chi connectivity index (χ2n) is 24.1. The van der Waals surface area contributed by atoms with Gasteiger partial charge in [0.15, 0.2) is 0 Å². The molecule has 3 fully saturated rings. The van der Waals surface area contributed by atoms with Crippen molar-refractivity contribution in [1.82, 2.24) is 19.9 Å². The van der Waals surface area contributed by atoms with Gasteiger partial charge in [-0.2, -0.15) is 0 Å². The van der Waals surface area contributed by atoms with Gasteiger partial charge in [0.1, 0.15) is 0 Å². The Kier molecular flexibility index (Phi) is 15.6. The summed E-state index contributed by atoms with van der Waals surface area (Å²) in [5, 5.41) is 4.51. The van der Waals surface area contributed by atoms with Gasteiger partial charge in [0.2, 0.25) is 0 Å². The lowest BCUT2D eigenvalue weighted by Crippen LogP contribution is -2.41. The van der Waals surface area contributed by atoms with E-state index >= 15 is 0 Å². The average Bonchev–Trinajstić information content (AvgIpc) is 4.08. The van der Waals surface area contributed by atoms with Crippen molar-refractivity contribution in [3.8, 4) is 44.5 Å². The van der Waals surface area contributed by atoms with Gasteiger partial charge < -0.3 is 27.9 Å². The number of pyridine rings is 4. The molecule has 13 rings (SSSR count). The number of benzene rings is 6. The maximum Gasteiger partial charge on any atom is 0.494 e. The van der Waals surface area contributed by atoms with Gasteiger partial charge in [0.05, 0.1) is 55.7 Å². The molecule has 81 heavy (non-hydrogen) atoms. The molecule has 0 bridgehead atoms. The molecule has 6 aromatic carbocycles. The van der Waals surface area contributed by atoms with Crippen molar-refractivity contribution in [3.05, 3.63) is 187 Å². The number of nitrogens with zero attached hydrogens (tertiary/aromatic N) is 4. The minimum atomic E-state index is -0.476. The van der Waals surface area contributed by atoms with Crippen LogP contribution in [-0.2, 0) is 27.9 Å². The van der Waals surface area contributed by atoms with E-state index in [-0.39, 0.29) is 31.3 Å². The molecule has 412 valence electrons. The molecule has 0 amide bonds. The fraction of sp³-hybridized carbons (Fsp3) is 0.284. The van der Waals surface area contributed by atoms with Crippen LogP contribution in [0, 0.1) is 0 Å². The molecule has 0 saturated carbocycles. The monoisotopic (exact) mass is 1140 g/mol. The minimum absolute atomic E-state index is 0. The highest BCUT2D eigenvalue weighted by Crippen LogP contribution is 2.44. The Balaban J connectivity index is 0.000000154. The second-order valence-corrected chi connectivity index (χ2v) is 25.0. The highest BCUT2D eigenvalue weighted by molar-refractivity contribution is 9.10. The number of aromatic nitrogens is 4. The topological polar surface area (TPSA) is 107 Å². The van der Waals surface area contributed by atoms with Crippen LogP contribution in [0.4, 0.5) is 0 Å². The van der Waals surface area contributed by atoms with Crippen molar-refractivity contribution in [1.29, 1.82) is 0 Å². The van der Waals surface area contributed by atoms with Crippen molar-refractivity contribution in [2.45, 2.75) is 124 Å². The first-order valence-electron chi connectivity index (χ1n) is 27.4. The zero-order valence-corrected chi connectivity index (χ0v) is 49.3. The summed E-state index contributed by atoms with van der Waals surface area (Å²) in [6.45, 7) is 24.5. The summed E-state index contributed by atoms with van der Waals surface area (Å²) in [6, 6.07) is 54.5. The van der Waals surface area contributed by atoms with Gasteiger partial charge in [0, 0.05) is 74.5 Å². The van der Waals surface area contributed by atoms with Gasteiger partial charge in [-0.3, -0.25) is 19.9 Å². The van der Waals surface area contributed by atoms with Gasteiger partial charge in [0.25, 0.3) is 0 Å². The number of hydrogen-bond donors (Lipinski definition) is 0. The van der Waals surface area contributed by atoms with E-state index in [2.05, 4.69) is 139 Å². The molecule has 3 aliphatic heterocycles. The molecule has 4 aromatic heterocycles. The third-order valence-electron chi connectivity index (χ3n) is 16.8. The molecule has 14 heteroatoms. The van der Waals surface area contributed by atoms with E-state index in [0.717, 1.165) is 98.1 Å². The van der Waals surface area contributed by atoms with Crippen LogP contribution in [0.15, 0.2) is 187 Å². The normalized spacial score (nSPS) is 18.1. The summed E-state index contributed by atoms with van der Waals surface area (Å²) in [7, 11) is -1.41. The quantitative estimate of drug-likeness (QED) is 0.149. The Morgan fingerprint density at radius 2 is 0.568 bits per heavy atom. The lowest BCUT2D eigenvalue weighted by atomic mass is 9.49. The molecule has 0 spiro atoms. The van der Waals surface area contributed by atoms with Crippen molar-refractivity contribution in [3.63, 3.8) is 0 Å². The number of halogens is 1. The highest BCUT2D eigenvalue weighted by Gasteiger charge is 2.63. The third-order valence-corrected chi connectivity index (χ3v) is 17.3. The molecule has 3 saturated heterocycles. The van der Waals surface area contributed by atoms with Crippen LogP contribution in [-0.4, -0.2) is 74.7 Å². The van der Waals surface area contributed by atoms with Crippen molar-refractivity contribution in [2.75, 3.05) is 0 Å². The summed E-state index contributed by atoms with van der Waals surface area (Å²) >= 11 is 3.67. The van der Waals surface area contributed by atoms with Crippen LogP contribution < -0.4 is 5.46 Å². The first kappa shape index (κ1) is 57.6. The number of rotatable bonds is 6. The summed E-state index contributed by atoms with van der Waals surface area (Å²) in [4.78, 5) is 18.6. The first-order valence-corrected chi connectivity index (χ1v) is 28.2. The lowest BCUT2D eigenvalue weighted by molar-refractivity contribution is 0.00578. The van der Waals surface area contributed by atoms with E-state index in [1.165, 1.54) is 0 Å². The van der Waals surface area contributed by atoms with Gasteiger partial charge in [-0.25, -0.2) is 0 Å². The predicted octanol–water partition coefficient (Wildman–Crippen LogP) is 16.4. The SMILES string of the molecule is Brc1cc(-c2cnc3ccccc3c2)cc(-c2cnc3ccccc3c2)c1.C.CC1(C)OB(B2OC(C)(C)C(C)(C)O2)OC1(C)C.CC1(C)OB(c2cc(-c3cnc4ccccc4c3)cc(-c3cnc4ccccc4c3)c2)OC1(C)C.[2HH]. The van der Waals surface area contributed by atoms with Gasteiger partial charge in [-0.05, 0) is 184 Å². The van der Waals surface area contributed by atoms with Crippen LogP contribution in [0.25, 0.3) is 88.1 Å². The molecule has 0 unspecified atom stereocenters. The van der Waals surface area contributed by atoms with Gasteiger partial charge in [-0.1, -0.05) is 108 Å². The largest absolute Gasteiger partial charge is 0.494 e. The molecule has 0 N–H and O–H groups in total. The number of hydrogen-bond acceptors (Lipinski definition) is 10. The molecule has 0 aliphatic carbocycles. The van der Waals surface area contributed by atoms with E-state index in [1.54, 1.807) is 0 Å². The molecular weight excluding hydrogens is 1070 g/mol. The summed E-state index contributed by atoms with van der Waals surface area (Å²) in [5.74, 6) is 0. The van der Waals surface area contributed by atoms with Crippen LogP contribution in [0.3, 0.4) is 0 Å². The zero-order valence-electron chi connectivity index (χ0n) is 47.7. The van der Waals surface area contributed by atoms with Crippen LogP contribution in [0.2, 0.25) is 0 Å². The smallest absolute Gasteiger partial charge is 0.405 e. The molecule has 3 aliphatic rings. The Labute approximate surface area is 488 Å². The third kappa shape index (κ3) is 11.8. The molecule has 10 nitrogen and oxygen atoms in total. The van der Waals surface area contributed by atoms with Crippen LogP contribution in [0.1, 0.15) is 91.9 Å². The molecule has 10 aromatic rings. The van der Waals surface area contributed by atoms with Crippen LogP contribution >= 0.6 is 15.9 Å². The fourth-order valence-electron chi connectivity index (χ4n) is 9.94. The summed E-state index contributed by atoms with van der Waals surface area (Å²) < 4.78 is 37.7. The highest BCUT2D eigenvalue weighted by atomic mass is 79.9. The Hall–Kier alpha value is -6.61. The minimum Gasteiger partial charge on any atom is -0.405 e. The second kappa shape index (κ2) is 21.9. The van der Waals surface area contributed by atoms with Crippen molar-refractivity contribution in [2.24, 2.45) is 0 Å². The van der Waals surface area contributed by atoms with E-state index < -0.39 is 32.3 Å². The molecule has 0 radical (unpaired) electrons. The van der Waals surface area contributed by atoms with E-state index in [1.807, 2.05) is 153 Å². The Morgan fingerprint density at radius 1 is 0.321 bits per heavy atom. The standard InChI is InChI=1S/C30H27BN2O2.C24H15BrN2.C12H24B2O4.CH4.H2/c1-29(2)30(3,4)35-31(34-29)26-16-22(24-13-20-9-5-7-11-27(20)32-18-24)15-23(17-26)25-14-21-10-6-8-12-28(21)33-19-25;25-22-12-18(20-9-16-5-1-3-7-23(16)26-14-20)11-19(13-22)21-10-17-6-2-4-8-24(17)27-15-21;1-9(2)10(3,4)16-13(15-9)14-17-11(5,6)12(7,8)18-14;;/h5-19H,1-4H3;1-15H;1-8H3;1H4;1H/i;;;;1+1. The van der Waals surface area contributed by atoms with E-state index in [4.69, 9.17) is 37.9 Å². The number of fused-ring (bicyclic) bond motifs is 4. The maximum atomic E-state index is 6.42. The lowest BCUT2D eigenvalue weighted by Gasteiger charge is -2.32. The molecule has 7 heterocycles. The zero-order chi connectivity index (χ0) is 56.4.